The molecule has 100 valence electrons. The fourth-order valence-corrected chi connectivity index (χ4v) is 2.85. The normalized spacial score (nSPS) is 23.4. The number of rotatable bonds is 3. The molecule has 3 heteroatoms. The van der Waals surface area contributed by atoms with E-state index in [1.807, 2.05) is 25.1 Å². The van der Waals surface area contributed by atoms with Gasteiger partial charge in [0.2, 0.25) is 0 Å². The molecule has 0 aromatic heterocycles. The molecule has 1 saturated heterocycles. The Hall–Kier alpha value is -1.09. The second kappa shape index (κ2) is 5.27. The average molecular weight is 251 g/mol. The first-order valence-corrected chi connectivity index (χ1v) is 6.60. The van der Waals surface area contributed by atoms with Crippen LogP contribution in [0.4, 0.5) is 4.39 Å². The summed E-state index contributed by atoms with van der Waals surface area (Å²) in [5.74, 6) is 0.840. The lowest BCUT2D eigenvalue weighted by molar-refractivity contribution is 0.0805. The monoisotopic (exact) mass is 251 g/mol. The van der Waals surface area contributed by atoms with Crippen LogP contribution in [-0.4, -0.2) is 20.2 Å². The topological polar surface area (TPSA) is 21.3 Å². The van der Waals surface area contributed by atoms with Crippen LogP contribution in [0, 0.1) is 12.8 Å². The predicted octanol–water partition coefficient (Wildman–Crippen LogP) is 3.19. The molecule has 0 radical (unpaired) electrons. The molecule has 0 spiro atoms. The molecule has 1 fully saturated rings. The maximum absolute atomic E-state index is 15.1. The smallest absolute Gasteiger partial charge is 0.137 e. The SMILES string of the molecule is COc1ccc(C(C)(F)C2CCCNC2)c(C)c1. The summed E-state index contributed by atoms with van der Waals surface area (Å²) in [6.07, 6.45) is 2.00. The summed E-state index contributed by atoms with van der Waals surface area (Å²) >= 11 is 0. The molecule has 1 aromatic rings. The highest BCUT2D eigenvalue weighted by molar-refractivity contribution is 5.38. The van der Waals surface area contributed by atoms with Gasteiger partial charge in [0.15, 0.2) is 0 Å². The maximum Gasteiger partial charge on any atom is 0.137 e. The van der Waals surface area contributed by atoms with E-state index in [2.05, 4.69) is 5.32 Å². The summed E-state index contributed by atoms with van der Waals surface area (Å²) < 4.78 is 20.3. The van der Waals surface area contributed by atoms with Gasteiger partial charge in [0.05, 0.1) is 7.11 Å². The molecular weight excluding hydrogens is 229 g/mol. The highest BCUT2D eigenvalue weighted by Crippen LogP contribution is 2.39. The number of piperidine rings is 1. The lowest BCUT2D eigenvalue weighted by Crippen LogP contribution is -2.40. The predicted molar refractivity (Wildman–Crippen MR) is 71.8 cm³/mol. The van der Waals surface area contributed by atoms with Crippen molar-refractivity contribution in [3.63, 3.8) is 0 Å². The van der Waals surface area contributed by atoms with E-state index in [-0.39, 0.29) is 5.92 Å². The lowest BCUT2D eigenvalue weighted by Gasteiger charge is -2.35. The number of nitrogens with one attached hydrogen (secondary N) is 1. The number of hydrogen-bond acceptors (Lipinski definition) is 2. The van der Waals surface area contributed by atoms with Gasteiger partial charge in [-0.3, -0.25) is 0 Å². The number of halogens is 1. The van der Waals surface area contributed by atoms with E-state index in [4.69, 9.17) is 4.74 Å². The Bertz CT molecular complexity index is 411. The summed E-state index contributed by atoms with van der Waals surface area (Å²) in [5.41, 5.74) is 0.478. The van der Waals surface area contributed by atoms with Crippen molar-refractivity contribution >= 4 is 0 Å². The molecule has 2 nitrogen and oxygen atoms in total. The minimum atomic E-state index is -1.27. The number of methoxy groups -OCH3 is 1. The first kappa shape index (κ1) is 13.3. The molecular formula is C15H22FNO. The van der Waals surface area contributed by atoms with Crippen LogP contribution in [0.3, 0.4) is 0 Å². The molecule has 0 bridgehead atoms. The van der Waals surface area contributed by atoms with Crippen molar-refractivity contribution in [3.8, 4) is 5.75 Å². The van der Waals surface area contributed by atoms with Gasteiger partial charge in [-0.2, -0.15) is 0 Å². The van der Waals surface area contributed by atoms with Gasteiger partial charge < -0.3 is 10.1 Å². The van der Waals surface area contributed by atoms with Crippen LogP contribution in [-0.2, 0) is 5.67 Å². The first-order valence-electron chi connectivity index (χ1n) is 6.60. The quantitative estimate of drug-likeness (QED) is 0.890. The standard InChI is InChI=1S/C15H22FNO/c1-11-9-13(18-3)6-7-14(11)15(2,16)12-5-4-8-17-10-12/h6-7,9,12,17H,4-5,8,10H2,1-3H3. The fourth-order valence-electron chi connectivity index (χ4n) is 2.85. The zero-order valence-electron chi connectivity index (χ0n) is 11.4. The number of ether oxygens (including phenoxy) is 1. The van der Waals surface area contributed by atoms with Gasteiger partial charge in [0, 0.05) is 12.5 Å². The first-order chi connectivity index (χ1) is 8.55. The molecule has 2 unspecified atom stereocenters. The molecule has 1 N–H and O–H groups in total. The van der Waals surface area contributed by atoms with Gasteiger partial charge in [-0.05, 0) is 56.5 Å². The zero-order chi connectivity index (χ0) is 13.2. The van der Waals surface area contributed by atoms with Crippen molar-refractivity contribution < 1.29 is 9.13 Å². The van der Waals surface area contributed by atoms with Gasteiger partial charge in [0.1, 0.15) is 11.4 Å². The molecule has 1 aliphatic heterocycles. The Labute approximate surface area is 109 Å². The van der Waals surface area contributed by atoms with Crippen LogP contribution >= 0.6 is 0 Å². The third kappa shape index (κ3) is 2.51. The second-order valence-corrected chi connectivity index (χ2v) is 5.30. The van der Waals surface area contributed by atoms with Gasteiger partial charge >= 0.3 is 0 Å². The number of benzene rings is 1. The van der Waals surface area contributed by atoms with Crippen molar-refractivity contribution in [3.05, 3.63) is 29.3 Å². The molecule has 1 aliphatic rings. The molecule has 0 saturated carbocycles. The summed E-state index contributed by atoms with van der Waals surface area (Å²) in [7, 11) is 1.63. The Morgan fingerprint density at radius 2 is 2.22 bits per heavy atom. The third-order valence-electron chi connectivity index (χ3n) is 4.02. The molecule has 2 rings (SSSR count). The van der Waals surface area contributed by atoms with Crippen LogP contribution < -0.4 is 10.1 Å². The largest absolute Gasteiger partial charge is 0.497 e. The van der Waals surface area contributed by atoms with Gasteiger partial charge in [0.25, 0.3) is 0 Å². The average Bonchev–Trinajstić information content (AvgIpc) is 2.39. The fraction of sp³-hybridized carbons (Fsp3) is 0.600. The molecule has 0 aliphatic carbocycles. The van der Waals surface area contributed by atoms with Crippen molar-refractivity contribution in [2.24, 2.45) is 5.92 Å². The van der Waals surface area contributed by atoms with E-state index < -0.39 is 5.67 Å². The van der Waals surface area contributed by atoms with Gasteiger partial charge in [-0.25, -0.2) is 4.39 Å². The summed E-state index contributed by atoms with van der Waals surface area (Å²) in [5, 5.41) is 3.29. The van der Waals surface area contributed by atoms with E-state index in [0.29, 0.717) is 0 Å². The summed E-state index contributed by atoms with van der Waals surface area (Å²) in [6.45, 7) is 5.43. The van der Waals surface area contributed by atoms with Crippen LogP contribution in [0.1, 0.15) is 30.9 Å². The van der Waals surface area contributed by atoms with E-state index in [1.165, 1.54) is 0 Å². The van der Waals surface area contributed by atoms with E-state index in [9.17, 15) is 0 Å². The van der Waals surface area contributed by atoms with Crippen LogP contribution in [0.25, 0.3) is 0 Å². The van der Waals surface area contributed by atoms with E-state index >= 15 is 4.39 Å². The Kier molecular flexibility index (Phi) is 3.91. The highest BCUT2D eigenvalue weighted by Gasteiger charge is 2.37. The molecule has 0 amide bonds. The second-order valence-electron chi connectivity index (χ2n) is 5.30. The summed E-state index contributed by atoms with van der Waals surface area (Å²) in [4.78, 5) is 0. The van der Waals surface area contributed by atoms with Crippen molar-refractivity contribution in [1.29, 1.82) is 0 Å². The lowest BCUT2D eigenvalue weighted by atomic mass is 9.78. The van der Waals surface area contributed by atoms with Crippen molar-refractivity contribution in [2.75, 3.05) is 20.2 Å². The van der Waals surface area contributed by atoms with E-state index in [1.54, 1.807) is 14.0 Å². The number of hydrogen-bond donors (Lipinski definition) is 1. The molecule has 1 heterocycles. The Morgan fingerprint density at radius 1 is 1.44 bits per heavy atom. The zero-order valence-corrected chi connectivity index (χ0v) is 11.4. The summed E-state index contributed by atoms with van der Waals surface area (Å²) in [6, 6.07) is 5.61. The van der Waals surface area contributed by atoms with Crippen LogP contribution in [0.15, 0.2) is 18.2 Å². The van der Waals surface area contributed by atoms with Gasteiger partial charge in [-0.15, -0.1) is 0 Å². The van der Waals surface area contributed by atoms with Crippen molar-refractivity contribution in [2.45, 2.75) is 32.4 Å². The molecule has 1 aromatic carbocycles. The maximum atomic E-state index is 15.1. The number of alkyl halides is 1. The molecule has 2 atom stereocenters. The highest BCUT2D eigenvalue weighted by atomic mass is 19.1. The van der Waals surface area contributed by atoms with Crippen LogP contribution in [0.5, 0.6) is 5.75 Å². The number of aryl methyl sites for hydroxylation is 1. The Morgan fingerprint density at radius 3 is 2.78 bits per heavy atom. The van der Waals surface area contributed by atoms with Crippen LogP contribution in [0.2, 0.25) is 0 Å². The minimum absolute atomic E-state index is 0.0540. The van der Waals surface area contributed by atoms with E-state index in [0.717, 1.165) is 42.8 Å². The van der Waals surface area contributed by atoms with Gasteiger partial charge in [-0.1, -0.05) is 6.07 Å². The van der Waals surface area contributed by atoms with Crippen molar-refractivity contribution in [1.82, 2.24) is 5.32 Å². The molecule has 18 heavy (non-hydrogen) atoms. The third-order valence-corrected chi connectivity index (χ3v) is 4.02. The minimum Gasteiger partial charge on any atom is -0.497 e. The Balaban J connectivity index is 2.27.